The zero-order chi connectivity index (χ0) is 16.6. The quantitative estimate of drug-likeness (QED) is 0.332. The molecule has 1 aromatic carbocycles. The summed E-state index contributed by atoms with van der Waals surface area (Å²) >= 11 is 1.70. The first-order chi connectivity index (χ1) is 11.8. The highest BCUT2D eigenvalue weighted by atomic mass is 127. The third kappa shape index (κ3) is 6.17. The highest BCUT2D eigenvalue weighted by molar-refractivity contribution is 14.0. The van der Waals surface area contributed by atoms with Crippen LogP contribution in [0.3, 0.4) is 0 Å². The number of halogens is 1. The summed E-state index contributed by atoms with van der Waals surface area (Å²) in [5.41, 5.74) is 3.72. The van der Waals surface area contributed by atoms with Gasteiger partial charge in [-0.1, -0.05) is 24.3 Å². The lowest BCUT2D eigenvalue weighted by Gasteiger charge is -2.12. The van der Waals surface area contributed by atoms with Gasteiger partial charge in [0.25, 0.3) is 0 Å². The minimum Gasteiger partial charge on any atom is -0.352 e. The molecule has 3 rings (SSSR count). The van der Waals surface area contributed by atoms with Gasteiger partial charge >= 0.3 is 0 Å². The number of aromatic nitrogens is 2. The highest BCUT2D eigenvalue weighted by Crippen LogP contribution is 2.07. The number of hydrogen-bond acceptors (Lipinski definition) is 3. The zero-order valence-electron chi connectivity index (χ0n) is 14.1. The Balaban J connectivity index is 0.00000225. The summed E-state index contributed by atoms with van der Waals surface area (Å²) in [7, 11) is 1.79. The second-order valence-electron chi connectivity index (χ2n) is 5.43. The standard InChI is InChI=1S/C18H21N5S.HI/c1-19-18(21-12-17-6-9-24-14-17)20-11-15-4-2-5-16(10-15)13-23-8-3-7-22-23;/h2-10,14H,11-13H2,1H3,(H2,19,20,21);1H. The van der Waals surface area contributed by atoms with E-state index in [1.807, 2.05) is 16.9 Å². The van der Waals surface area contributed by atoms with Crippen molar-refractivity contribution in [3.05, 3.63) is 76.2 Å². The van der Waals surface area contributed by atoms with Gasteiger partial charge in [-0.2, -0.15) is 16.4 Å². The van der Waals surface area contributed by atoms with Crippen molar-refractivity contribution in [1.82, 2.24) is 20.4 Å². The van der Waals surface area contributed by atoms with Crippen molar-refractivity contribution >= 4 is 41.3 Å². The molecule has 0 radical (unpaired) electrons. The number of nitrogens with zero attached hydrogens (tertiary/aromatic N) is 3. The Morgan fingerprint density at radius 3 is 2.60 bits per heavy atom. The van der Waals surface area contributed by atoms with Gasteiger partial charge in [-0.3, -0.25) is 9.67 Å². The van der Waals surface area contributed by atoms with Crippen molar-refractivity contribution in [2.75, 3.05) is 7.05 Å². The van der Waals surface area contributed by atoms with Gasteiger partial charge in [0.2, 0.25) is 0 Å². The van der Waals surface area contributed by atoms with Gasteiger partial charge in [0.05, 0.1) is 6.54 Å². The first-order valence-corrected chi connectivity index (χ1v) is 8.78. The summed E-state index contributed by atoms with van der Waals surface area (Å²) in [5, 5.41) is 15.1. The van der Waals surface area contributed by atoms with Gasteiger partial charge < -0.3 is 10.6 Å². The Bertz CT molecular complexity index is 769. The smallest absolute Gasteiger partial charge is 0.191 e. The fourth-order valence-corrected chi connectivity index (χ4v) is 3.07. The van der Waals surface area contributed by atoms with Gasteiger partial charge in [-0.25, -0.2) is 0 Å². The summed E-state index contributed by atoms with van der Waals surface area (Å²) in [4.78, 5) is 4.27. The molecule has 5 nitrogen and oxygen atoms in total. The molecule has 2 N–H and O–H groups in total. The second-order valence-corrected chi connectivity index (χ2v) is 6.21. The van der Waals surface area contributed by atoms with Crippen LogP contribution in [-0.4, -0.2) is 22.8 Å². The van der Waals surface area contributed by atoms with Crippen molar-refractivity contribution < 1.29 is 0 Å². The van der Waals surface area contributed by atoms with Crippen LogP contribution in [0.15, 0.2) is 64.5 Å². The molecule has 7 heteroatoms. The van der Waals surface area contributed by atoms with E-state index in [9.17, 15) is 0 Å². The van der Waals surface area contributed by atoms with E-state index in [0.717, 1.165) is 25.6 Å². The fourth-order valence-electron chi connectivity index (χ4n) is 2.40. The number of nitrogens with one attached hydrogen (secondary N) is 2. The minimum absolute atomic E-state index is 0. The van der Waals surface area contributed by atoms with Gasteiger partial charge in [0.1, 0.15) is 0 Å². The Morgan fingerprint density at radius 1 is 1.12 bits per heavy atom. The van der Waals surface area contributed by atoms with Crippen LogP contribution in [0.5, 0.6) is 0 Å². The molecule has 0 atom stereocenters. The van der Waals surface area contributed by atoms with Crippen molar-refractivity contribution in [3.8, 4) is 0 Å². The Kier molecular flexibility index (Phi) is 7.93. The SMILES string of the molecule is CN=C(NCc1ccsc1)NCc1cccc(Cn2cccn2)c1.I. The van der Waals surface area contributed by atoms with Crippen LogP contribution in [0, 0.1) is 0 Å². The second kappa shape index (κ2) is 10.2. The molecule has 0 aliphatic carbocycles. The maximum Gasteiger partial charge on any atom is 0.191 e. The van der Waals surface area contributed by atoms with Crippen LogP contribution in [-0.2, 0) is 19.6 Å². The third-order valence-corrected chi connectivity index (χ3v) is 4.35. The van der Waals surface area contributed by atoms with Crippen molar-refractivity contribution in [1.29, 1.82) is 0 Å². The maximum atomic E-state index is 4.27. The molecule has 132 valence electrons. The largest absolute Gasteiger partial charge is 0.352 e. The maximum absolute atomic E-state index is 4.27. The van der Waals surface area contributed by atoms with E-state index in [2.05, 4.69) is 61.8 Å². The molecule has 2 aromatic heterocycles. The van der Waals surface area contributed by atoms with Crippen molar-refractivity contribution in [3.63, 3.8) is 0 Å². The number of benzene rings is 1. The van der Waals surface area contributed by atoms with Crippen LogP contribution in [0.1, 0.15) is 16.7 Å². The van der Waals surface area contributed by atoms with Crippen LogP contribution < -0.4 is 10.6 Å². The average molecular weight is 467 g/mol. The molecule has 0 saturated carbocycles. The van der Waals surface area contributed by atoms with Crippen LogP contribution >= 0.6 is 35.3 Å². The van der Waals surface area contributed by atoms with Crippen molar-refractivity contribution in [2.45, 2.75) is 19.6 Å². The summed E-state index contributed by atoms with van der Waals surface area (Å²) < 4.78 is 1.92. The molecule has 0 unspecified atom stereocenters. The van der Waals surface area contributed by atoms with E-state index < -0.39 is 0 Å². The molecule has 0 aliphatic rings. The van der Waals surface area contributed by atoms with Crippen LogP contribution in [0.25, 0.3) is 0 Å². The summed E-state index contributed by atoms with van der Waals surface area (Å²) in [6, 6.07) is 12.6. The molecule has 0 saturated heterocycles. The number of thiophene rings is 1. The lowest BCUT2D eigenvalue weighted by molar-refractivity contribution is 0.685. The van der Waals surface area contributed by atoms with Crippen molar-refractivity contribution in [2.24, 2.45) is 4.99 Å². The average Bonchev–Trinajstić information content (AvgIpc) is 3.29. The normalized spacial score (nSPS) is 11.0. The van der Waals surface area contributed by atoms with Gasteiger partial charge in [-0.05, 0) is 39.6 Å². The molecule has 0 spiro atoms. The van der Waals surface area contributed by atoms with Crippen LogP contribution in [0.2, 0.25) is 0 Å². The molecular weight excluding hydrogens is 445 g/mol. The number of aliphatic imine (C=N–C) groups is 1. The number of rotatable bonds is 6. The molecule has 0 fully saturated rings. The lowest BCUT2D eigenvalue weighted by Crippen LogP contribution is -2.36. The highest BCUT2D eigenvalue weighted by Gasteiger charge is 2.01. The van der Waals surface area contributed by atoms with E-state index in [1.54, 1.807) is 24.6 Å². The van der Waals surface area contributed by atoms with Gasteiger partial charge in [0.15, 0.2) is 5.96 Å². The zero-order valence-corrected chi connectivity index (χ0v) is 17.2. The van der Waals surface area contributed by atoms with E-state index in [4.69, 9.17) is 0 Å². The predicted molar refractivity (Wildman–Crippen MR) is 115 cm³/mol. The molecular formula is C18H22IN5S. The van der Waals surface area contributed by atoms with E-state index in [1.165, 1.54) is 16.7 Å². The van der Waals surface area contributed by atoms with E-state index in [-0.39, 0.29) is 24.0 Å². The minimum atomic E-state index is 0. The fraction of sp³-hybridized carbons (Fsp3) is 0.222. The Hall–Kier alpha value is -1.87. The molecule has 25 heavy (non-hydrogen) atoms. The van der Waals surface area contributed by atoms with Gasteiger partial charge in [0, 0.05) is 32.5 Å². The molecule has 0 amide bonds. The lowest BCUT2D eigenvalue weighted by atomic mass is 10.1. The predicted octanol–water partition coefficient (Wildman–Crippen LogP) is 3.48. The van der Waals surface area contributed by atoms with Crippen LogP contribution in [0.4, 0.5) is 0 Å². The molecule has 3 aromatic rings. The van der Waals surface area contributed by atoms with Gasteiger partial charge in [-0.15, -0.1) is 24.0 Å². The number of hydrogen-bond donors (Lipinski definition) is 2. The van der Waals surface area contributed by atoms with E-state index in [0.29, 0.717) is 0 Å². The summed E-state index contributed by atoms with van der Waals surface area (Å²) in [5.74, 6) is 0.804. The Morgan fingerprint density at radius 2 is 1.92 bits per heavy atom. The summed E-state index contributed by atoms with van der Waals surface area (Å²) in [6.45, 7) is 2.30. The first kappa shape index (κ1) is 19.5. The first-order valence-electron chi connectivity index (χ1n) is 7.84. The molecule has 2 heterocycles. The topological polar surface area (TPSA) is 54.2 Å². The molecule has 0 bridgehead atoms. The monoisotopic (exact) mass is 467 g/mol. The Labute approximate surface area is 169 Å². The number of guanidine groups is 1. The van der Waals surface area contributed by atoms with E-state index >= 15 is 0 Å². The molecule has 0 aliphatic heterocycles. The third-order valence-electron chi connectivity index (χ3n) is 3.62. The summed E-state index contributed by atoms with van der Waals surface area (Å²) in [6.07, 6.45) is 3.77.